The number of amides is 1. The number of piperidine rings is 1. The first-order valence-corrected chi connectivity index (χ1v) is 15.9. The van der Waals surface area contributed by atoms with Crippen LogP contribution in [0, 0.1) is 5.82 Å². The molecule has 230 valence electrons. The number of hydrogen-bond acceptors (Lipinski definition) is 4. The van der Waals surface area contributed by atoms with Crippen LogP contribution in [0.1, 0.15) is 53.2 Å². The summed E-state index contributed by atoms with van der Waals surface area (Å²) in [5.41, 5.74) is 5.31. The van der Waals surface area contributed by atoms with Crippen molar-refractivity contribution in [3.8, 4) is 11.1 Å². The van der Waals surface area contributed by atoms with E-state index < -0.39 is 0 Å². The van der Waals surface area contributed by atoms with E-state index in [-0.39, 0.29) is 11.7 Å². The smallest absolute Gasteiger partial charge is 0.251 e. The summed E-state index contributed by atoms with van der Waals surface area (Å²) in [5, 5.41) is 6.55. The molecule has 3 aromatic rings. The Kier molecular flexibility index (Phi) is 10.3. The molecule has 0 aromatic heterocycles. The number of rotatable bonds is 10. The molecule has 2 heterocycles. The highest BCUT2D eigenvalue weighted by atomic mass is 19.1. The number of piperazine rings is 1. The van der Waals surface area contributed by atoms with Gasteiger partial charge in [0, 0.05) is 56.4 Å². The van der Waals surface area contributed by atoms with Gasteiger partial charge in [-0.25, -0.2) is 4.39 Å². The maximum atomic E-state index is 15.0. The van der Waals surface area contributed by atoms with Gasteiger partial charge in [0.05, 0.1) is 33.7 Å². The van der Waals surface area contributed by atoms with Gasteiger partial charge in [-0.05, 0) is 78.9 Å². The largest absolute Gasteiger partial charge is 0.348 e. The molecule has 2 fully saturated rings. The molecule has 0 spiro atoms. The molecule has 5 rings (SSSR count). The molecule has 2 N–H and O–H groups in total. The molecule has 1 amide bonds. The lowest BCUT2D eigenvalue weighted by Crippen LogP contribution is -2.50. The Morgan fingerprint density at radius 3 is 2.53 bits per heavy atom. The van der Waals surface area contributed by atoms with Gasteiger partial charge in [0.15, 0.2) is 0 Å². The Morgan fingerprint density at radius 2 is 1.74 bits per heavy atom. The third-order valence-corrected chi connectivity index (χ3v) is 8.66. The molecule has 0 radical (unpaired) electrons. The number of carbonyl (C=O) groups excluding carboxylic acids is 1. The van der Waals surface area contributed by atoms with Crippen LogP contribution >= 0.6 is 0 Å². The highest BCUT2D eigenvalue weighted by Gasteiger charge is 2.27. The summed E-state index contributed by atoms with van der Waals surface area (Å²) in [5.74, 6) is -0.362. The maximum absolute atomic E-state index is 15.0. The van der Waals surface area contributed by atoms with Crippen LogP contribution in [0.15, 0.2) is 66.7 Å². The lowest BCUT2D eigenvalue weighted by molar-refractivity contribution is -0.872. The third kappa shape index (κ3) is 8.96. The summed E-state index contributed by atoms with van der Waals surface area (Å²) >= 11 is 0. The van der Waals surface area contributed by atoms with Gasteiger partial charge in [-0.2, -0.15) is 0 Å². The molecule has 2 atom stereocenters. The van der Waals surface area contributed by atoms with Crippen molar-refractivity contribution in [1.82, 2.24) is 20.4 Å². The Bertz CT molecular complexity index is 1390. The molecular weight excluding hydrogens is 537 g/mol. The number of quaternary nitrogens is 1. The van der Waals surface area contributed by atoms with Crippen molar-refractivity contribution in [1.29, 1.82) is 0 Å². The quantitative estimate of drug-likeness (QED) is 0.318. The standard InChI is InChI=1S/C36H48FN5O/c1-27-23-40(18-16-38-27)24-29-9-7-11-31(19-29)34-21-28(14-15-35(34)37)22-39-36(43)32-12-8-10-30(20-32)25-41-17-6-5-13-33(41)26-42(2,3)4/h7-12,14-15,19-21,27,33,38H,5-6,13,16-18,22-26H2,1-4H3/p+1. The molecule has 2 aliphatic heterocycles. The lowest BCUT2D eigenvalue weighted by Gasteiger charge is -2.39. The summed E-state index contributed by atoms with van der Waals surface area (Å²) in [7, 11) is 6.77. The van der Waals surface area contributed by atoms with Gasteiger partial charge >= 0.3 is 0 Å². The average molecular weight is 587 g/mol. The van der Waals surface area contributed by atoms with Crippen LogP contribution in [0.3, 0.4) is 0 Å². The van der Waals surface area contributed by atoms with E-state index >= 15 is 4.39 Å². The zero-order valence-corrected chi connectivity index (χ0v) is 26.4. The Hall–Kier alpha value is -3.10. The number of halogens is 1. The van der Waals surface area contributed by atoms with E-state index in [0.717, 1.165) is 61.4 Å². The zero-order chi connectivity index (χ0) is 30.4. The van der Waals surface area contributed by atoms with E-state index in [1.54, 1.807) is 6.07 Å². The minimum Gasteiger partial charge on any atom is -0.348 e. The predicted molar refractivity (Wildman–Crippen MR) is 173 cm³/mol. The van der Waals surface area contributed by atoms with Crippen molar-refractivity contribution in [2.45, 2.75) is 57.9 Å². The normalized spacial score (nSPS) is 20.2. The highest BCUT2D eigenvalue weighted by molar-refractivity contribution is 5.94. The molecule has 0 saturated carbocycles. The van der Waals surface area contributed by atoms with Crippen molar-refractivity contribution in [2.24, 2.45) is 0 Å². The zero-order valence-electron chi connectivity index (χ0n) is 26.4. The monoisotopic (exact) mass is 586 g/mol. The van der Waals surface area contributed by atoms with Crippen molar-refractivity contribution in [3.05, 3.63) is 94.8 Å². The van der Waals surface area contributed by atoms with E-state index in [1.165, 1.54) is 36.5 Å². The SMILES string of the molecule is CC1CN(Cc2cccc(-c3cc(CNC(=O)c4cccc(CN5CCCCC5C[N+](C)(C)C)c4)ccc3F)c2)CCN1. The van der Waals surface area contributed by atoms with Gasteiger partial charge in [0.1, 0.15) is 5.82 Å². The number of nitrogens with one attached hydrogen (secondary N) is 2. The van der Waals surface area contributed by atoms with Crippen LogP contribution in [0.4, 0.5) is 4.39 Å². The van der Waals surface area contributed by atoms with Gasteiger partial charge < -0.3 is 15.1 Å². The van der Waals surface area contributed by atoms with Crippen LogP contribution in [0.5, 0.6) is 0 Å². The molecule has 0 bridgehead atoms. The van der Waals surface area contributed by atoms with Gasteiger partial charge in [-0.3, -0.25) is 14.6 Å². The summed E-state index contributed by atoms with van der Waals surface area (Å²) in [6.07, 6.45) is 3.75. The van der Waals surface area contributed by atoms with Crippen LogP contribution in [0.2, 0.25) is 0 Å². The maximum Gasteiger partial charge on any atom is 0.251 e. The first kappa shape index (κ1) is 31.3. The molecule has 6 nitrogen and oxygen atoms in total. The number of benzene rings is 3. The Morgan fingerprint density at radius 1 is 0.953 bits per heavy atom. The fourth-order valence-corrected chi connectivity index (χ4v) is 6.59. The fourth-order valence-electron chi connectivity index (χ4n) is 6.59. The van der Waals surface area contributed by atoms with Crippen molar-refractivity contribution in [2.75, 3.05) is 53.9 Å². The first-order chi connectivity index (χ1) is 20.6. The second kappa shape index (κ2) is 14.1. The van der Waals surface area contributed by atoms with Crippen molar-refractivity contribution < 1.29 is 13.7 Å². The number of likely N-dealkylation sites (N-methyl/N-ethyl adjacent to an activating group) is 1. The number of nitrogens with zero attached hydrogens (tertiary/aromatic N) is 3. The summed E-state index contributed by atoms with van der Waals surface area (Å²) in [4.78, 5) is 18.2. The van der Waals surface area contributed by atoms with Crippen LogP contribution in [-0.4, -0.2) is 86.1 Å². The van der Waals surface area contributed by atoms with Gasteiger partial charge in [0.2, 0.25) is 0 Å². The topological polar surface area (TPSA) is 47.6 Å². The van der Waals surface area contributed by atoms with Gasteiger partial charge in [-0.1, -0.05) is 42.8 Å². The molecule has 43 heavy (non-hydrogen) atoms. The minimum atomic E-state index is -0.253. The molecule has 2 unspecified atom stereocenters. The van der Waals surface area contributed by atoms with E-state index in [9.17, 15) is 4.79 Å². The average Bonchev–Trinajstić information content (AvgIpc) is 2.97. The van der Waals surface area contributed by atoms with Crippen LogP contribution in [0.25, 0.3) is 11.1 Å². The predicted octanol–water partition coefficient (Wildman–Crippen LogP) is 5.28. The number of likely N-dealkylation sites (tertiary alicyclic amines) is 1. The van der Waals surface area contributed by atoms with E-state index in [4.69, 9.17) is 0 Å². The van der Waals surface area contributed by atoms with Crippen molar-refractivity contribution in [3.63, 3.8) is 0 Å². The van der Waals surface area contributed by atoms with Crippen LogP contribution in [-0.2, 0) is 19.6 Å². The number of hydrogen-bond donors (Lipinski definition) is 2. The fraction of sp³-hybridized carbons (Fsp3) is 0.472. The molecule has 2 saturated heterocycles. The molecular formula is C36H49FN5O+. The van der Waals surface area contributed by atoms with E-state index in [0.29, 0.717) is 29.8 Å². The molecule has 2 aliphatic rings. The second-order valence-corrected chi connectivity index (χ2v) is 13.6. The van der Waals surface area contributed by atoms with E-state index in [1.807, 2.05) is 36.4 Å². The second-order valence-electron chi connectivity index (χ2n) is 13.6. The molecule has 7 heteroatoms. The summed E-state index contributed by atoms with van der Waals surface area (Å²) in [6, 6.07) is 22.3. The number of carbonyl (C=O) groups is 1. The molecule has 0 aliphatic carbocycles. The minimum absolute atomic E-state index is 0.110. The Labute approximate surface area is 257 Å². The highest BCUT2D eigenvalue weighted by Crippen LogP contribution is 2.26. The summed E-state index contributed by atoms with van der Waals surface area (Å²) < 4.78 is 16.0. The third-order valence-electron chi connectivity index (χ3n) is 8.66. The van der Waals surface area contributed by atoms with E-state index in [2.05, 4.69) is 66.7 Å². The van der Waals surface area contributed by atoms with Gasteiger partial charge in [-0.15, -0.1) is 0 Å². The van der Waals surface area contributed by atoms with Crippen LogP contribution < -0.4 is 10.6 Å². The van der Waals surface area contributed by atoms with Gasteiger partial charge in [0.25, 0.3) is 5.91 Å². The first-order valence-electron chi connectivity index (χ1n) is 15.9. The summed E-state index contributed by atoms with van der Waals surface area (Å²) in [6.45, 7) is 9.49. The Balaban J connectivity index is 1.22. The molecule has 3 aromatic carbocycles. The van der Waals surface area contributed by atoms with Crippen molar-refractivity contribution >= 4 is 5.91 Å². The lowest BCUT2D eigenvalue weighted by atomic mass is 9.99.